The molecule has 136 valence electrons. The molecule has 2 N–H and O–H groups in total. The van der Waals surface area contributed by atoms with Crippen LogP contribution >= 0.6 is 24.0 Å². The summed E-state index contributed by atoms with van der Waals surface area (Å²) in [6.07, 6.45) is 4.70. The van der Waals surface area contributed by atoms with E-state index >= 15 is 0 Å². The summed E-state index contributed by atoms with van der Waals surface area (Å²) in [5, 5.41) is 6.20. The van der Waals surface area contributed by atoms with Gasteiger partial charge in [-0.3, -0.25) is 4.79 Å². The van der Waals surface area contributed by atoms with Crippen molar-refractivity contribution in [3.63, 3.8) is 0 Å². The van der Waals surface area contributed by atoms with Crippen molar-refractivity contribution in [1.29, 1.82) is 0 Å². The number of nitrogens with zero attached hydrogens (tertiary/aromatic N) is 2. The van der Waals surface area contributed by atoms with Gasteiger partial charge in [-0.25, -0.2) is 4.99 Å². The Kier molecular flexibility index (Phi) is 12.5. The molecule has 0 saturated carbocycles. The zero-order valence-electron chi connectivity index (χ0n) is 15.2. The number of aliphatic imine (C=N–C) groups is 1. The van der Waals surface area contributed by atoms with Crippen LogP contribution in [0.15, 0.2) is 4.99 Å². The molecule has 23 heavy (non-hydrogen) atoms. The summed E-state index contributed by atoms with van der Waals surface area (Å²) >= 11 is 0. The molecule has 1 fully saturated rings. The lowest BCUT2D eigenvalue weighted by Gasteiger charge is -2.24. The Morgan fingerprint density at radius 1 is 1.22 bits per heavy atom. The minimum atomic E-state index is 0. The molecule has 0 aromatic carbocycles. The van der Waals surface area contributed by atoms with E-state index in [1.165, 1.54) is 19.3 Å². The molecule has 1 atom stereocenters. The van der Waals surface area contributed by atoms with Gasteiger partial charge in [-0.05, 0) is 31.6 Å². The predicted octanol–water partition coefficient (Wildman–Crippen LogP) is 2.85. The highest BCUT2D eigenvalue weighted by Crippen LogP contribution is 2.28. The van der Waals surface area contributed by atoms with Gasteiger partial charge >= 0.3 is 0 Å². The van der Waals surface area contributed by atoms with E-state index in [2.05, 4.69) is 48.2 Å². The number of guanidine groups is 1. The number of rotatable bonds is 8. The van der Waals surface area contributed by atoms with Crippen LogP contribution in [0.4, 0.5) is 0 Å². The average molecular weight is 438 g/mol. The van der Waals surface area contributed by atoms with Gasteiger partial charge in [-0.1, -0.05) is 33.6 Å². The number of halogens is 1. The highest BCUT2D eigenvalue weighted by atomic mass is 127. The molecular weight excluding hydrogens is 403 g/mol. The van der Waals surface area contributed by atoms with E-state index in [1.54, 1.807) is 0 Å². The maximum absolute atomic E-state index is 11.7. The summed E-state index contributed by atoms with van der Waals surface area (Å²) in [4.78, 5) is 18.6. The van der Waals surface area contributed by atoms with Gasteiger partial charge in [0, 0.05) is 26.2 Å². The predicted molar refractivity (Wildman–Crippen MR) is 108 cm³/mol. The van der Waals surface area contributed by atoms with Gasteiger partial charge in [0.1, 0.15) is 6.54 Å². The fourth-order valence-electron chi connectivity index (χ4n) is 3.21. The molecule has 0 aromatic rings. The fourth-order valence-corrected chi connectivity index (χ4v) is 3.21. The van der Waals surface area contributed by atoms with Crippen molar-refractivity contribution in [2.45, 2.75) is 53.4 Å². The molecule has 1 aliphatic rings. The van der Waals surface area contributed by atoms with Crippen molar-refractivity contribution in [3.8, 4) is 0 Å². The first-order chi connectivity index (χ1) is 10.7. The van der Waals surface area contributed by atoms with Crippen LogP contribution in [-0.2, 0) is 4.79 Å². The molecule has 5 nitrogen and oxygen atoms in total. The standard InChI is InChI=1S/C17H34N4O.HI/c1-5-10-19-16(22)12-20-17(18-8-4)21-11-9-15(13-21)14(6-2)7-3;/h14-15H,5-13H2,1-4H3,(H,18,20)(H,19,22);1H. The Balaban J connectivity index is 0.00000484. The SMILES string of the molecule is CCCNC(=O)CN=C(NCC)N1CCC(C(CC)CC)C1.I. The Hall–Kier alpha value is -0.530. The second-order valence-electron chi connectivity index (χ2n) is 6.09. The quantitative estimate of drug-likeness (QED) is 0.348. The summed E-state index contributed by atoms with van der Waals surface area (Å²) in [7, 11) is 0. The van der Waals surface area contributed by atoms with Gasteiger partial charge < -0.3 is 15.5 Å². The van der Waals surface area contributed by atoms with Crippen molar-refractivity contribution < 1.29 is 4.79 Å². The number of amides is 1. The van der Waals surface area contributed by atoms with Crippen LogP contribution in [0, 0.1) is 11.8 Å². The molecule has 1 rings (SSSR count). The van der Waals surface area contributed by atoms with Crippen LogP contribution in [0.2, 0.25) is 0 Å². The topological polar surface area (TPSA) is 56.7 Å². The third-order valence-corrected chi connectivity index (χ3v) is 4.52. The summed E-state index contributed by atoms with van der Waals surface area (Å²) in [6.45, 7) is 12.6. The van der Waals surface area contributed by atoms with Crippen LogP contribution in [0.1, 0.15) is 53.4 Å². The molecule has 0 aliphatic carbocycles. The third kappa shape index (κ3) is 7.72. The number of nitrogens with one attached hydrogen (secondary N) is 2. The van der Waals surface area contributed by atoms with E-state index in [1.807, 2.05) is 0 Å². The molecular formula is C17H35IN4O. The van der Waals surface area contributed by atoms with Crippen LogP contribution in [-0.4, -0.2) is 49.5 Å². The largest absolute Gasteiger partial charge is 0.357 e. The third-order valence-electron chi connectivity index (χ3n) is 4.52. The van der Waals surface area contributed by atoms with Crippen molar-refractivity contribution >= 4 is 35.8 Å². The van der Waals surface area contributed by atoms with E-state index in [9.17, 15) is 4.79 Å². The molecule has 1 amide bonds. The number of likely N-dealkylation sites (tertiary alicyclic amines) is 1. The zero-order valence-corrected chi connectivity index (χ0v) is 17.6. The van der Waals surface area contributed by atoms with E-state index in [0.717, 1.165) is 50.4 Å². The van der Waals surface area contributed by atoms with Crippen molar-refractivity contribution in [2.24, 2.45) is 16.8 Å². The van der Waals surface area contributed by atoms with Gasteiger partial charge in [-0.15, -0.1) is 24.0 Å². The lowest BCUT2D eigenvalue weighted by molar-refractivity contribution is -0.119. The van der Waals surface area contributed by atoms with Crippen molar-refractivity contribution in [2.75, 3.05) is 32.7 Å². The minimum absolute atomic E-state index is 0. The summed E-state index contributed by atoms with van der Waals surface area (Å²) in [5.41, 5.74) is 0. The second-order valence-corrected chi connectivity index (χ2v) is 6.09. The number of carbonyl (C=O) groups is 1. The fraction of sp³-hybridized carbons (Fsp3) is 0.882. The average Bonchev–Trinajstić information content (AvgIpc) is 3.00. The van der Waals surface area contributed by atoms with E-state index in [-0.39, 0.29) is 36.4 Å². The maximum Gasteiger partial charge on any atom is 0.241 e. The second kappa shape index (κ2) is 12.8. The minimum Gasteiger partial charge on any atom is -0.357 e. The van der Waals surface area contributed by atoms with Gasteiger partial charge in [0.25, 0.3) is 0 Å². The number of carbonyl (C=O) groups excluding carboxylic acids is 1. The normalized spacial score (nSPS) is 18.0. The zero-order chi connectivity index (χ0) is 16.4. The van der Waals surface area contributed by atoms with Gasteiger partial charge in [-0.2, -0.15) is 0 Å². The Labute approximate surface area is 159 Å². The monoisotopic (exact) mass is 438 g/mol. The van der Waals surface area contributed by atoms with Gasteiger partial charge in [0.15, 0.2) is 5.96 Å². The molecule has 1 unspecified atom stereocenters. The van der Waals surface area contributed by atoms with Crippen LogP contribution in [0.25, 0.3) is 0 Å². The summed E-state index contributed by atoms with van der Waals surface area (Å²) < 4.78 is 0. The highest BCUT2D eigenvalue weighted by Gasteiger charge is 2.29. The summed E-state index contributed by atoms with van der Waals surface area (Å²) in [6, 6.07) is 0. The molecule has 1 aliphatic heterocycles. The lowest BCUT2D eigenvalue weighted by Crippen LogP contribution is -2.41. The first-order valence-corrected chi connectivity index (χ1v) is 8.96. The van der Waals surface area contributed by atoms with Gasteiger partial charge in [0.05, 0.1) is 0 Å². The Bertz CT molecular complexity index is 359. The molecule has 1 heterocycles. The van der Waals surface area contributed by atoms with Crippen molar-refractivity contribution in [3.05, 3.63) is 0 Å². The van der Waals surface area contributed by atoms with Crippen molar-refractivity contribution in [1.82, 2.24) is 15.5 Å². The molecule has 6 heteroatoms. The van der Waals surface area contributed by atoms with E-state index in [4.69, 9.17) is 0 Å². The van der Waals surface area contributed by atoms with Crippen LogP contribution in [0.5, 0.6) is 0 Å². The van der Waals surface area contributed by atoms with Crippen LogP contribution < -0.4 is 10.6 Å². The number of hydrogen-bond acceptors (Lipinski definition) is 2. The maximum atomic E-state index is 11.7. The number of hydrogen-bond donors (Lipinski definition) is 2. The van der Waals surface area contributed by atoms with Crippen LogP contribution in [0.3, 0.4) is 0 Å². The Morgan fingerprint density at radius 2 is 1.91 bits per heavy atom. The smallest absolute Gasteiger partial charge is 0.241 e. The molecule has 1 saturated heterocycles. The first kappa shape index (κ1) is 22.5. The Morgan fingerprint density at radius 3 is 2.48 bits per heavy atom. The summed E-state index contributed by atoms with van der Waals surface area (Å²) in [5.74, 6) is 2.46. The molecule has 0 spiro atoms. The molecule has 0 aromatic heterocycles. The molecule has 0 bridgehead atoms. The van der Waals surface area contributed by atoms with E-state index in [0.29, 0.717) is 0 Å². The molecule has 0 radical (unpaired) electrons. The van der Waals surface area contributed by atoms with E-state index < -0.39 is 0 Å². The highest BCUT2D eigenvalue weighted by molar-refractivity contribution is 14.0. The van der Waals surface area contributed by atoms with Gasteiger partial charge in [0.2, 0.25) is 5.91 Å². The first-order valence-electron chi connectivity index (χ1n) is 8.96. The lowest BCUT2D eigenvalue weighted by atomic mass is 9.87.